The van der Waals surface area contributed by atoms with Crippen LogP contribution in [0.3, 0.4) is 0 Å². The lowest BCUT2D eigenvalue weighted by atomic mass is 9.97. The minimum absolute atomic E-state index is 0.152. The lowest BCUT2D eigenvalue weighted by molar-refractivity contribution is -0.382. The highest BCUT2D eigenvalue weighted by atomic mass is 32.1. The van der Waals surface area contributed by atoms with Gasteiger partial charge < -0.3 is 10.4 Å². The highest BCUT2D eigenvalue weighted by molar-refractivity contribution is 7.16. The van der Waals surface area contributed by atoms with Crippen molar-refractivity contribution < 1.29 is 14.8 Å². The molecule has 3 rings (SSSR count). The molecule has 1 saturated carbocycles. The number of aromatic nitrogens is 1. The van der Waals surface area contributed by atoms with E-state index in [1.54, 1.807) is 17.6 Å². The second kappa shape index (κ2) is 4.96. The maximum absolute atomic E-state index is 11.6. The monoisotopic (exact) mass is 307 g/mol. The summed E-state index contributed by atoms with van der Waals surface area (Å²) in [6.07, 6.45) is 2.53. The molecular formula is C13H13N3O4S. The number of nitrogens with one attached hydrogen (secondary N) is 1. The molecular weight excluding hydrogens is 294 g/mol. The van der Waals surface area contributed by atoms with Crippen LogP contribution in [0.15, 0.2) is 17.6 Å². The number of anilines is 1. The molecule has 0 bridgehead atoms. The number of hydrogen-bond acceptors (Lipinski definition) is 6. The van der Waals surface area contributed by atoms with Gasteiger partial charge in [0.25, 0.3) is 0 Å². The van der Waals surface area contributed by atoms with Crippen molar-refractivity contribution in [2.45, 2.75) is 31.2 Å². The molecule has 1 heterocycles. The van der Waals surface area contributed by atoms with Crippen LogP contribution in [0.4, 0.5) is 11.4 Å². The van der Waals surface area contributed by atoms with Crippen LogP contribution in [0.1, 0.15) is 25.7 Å². The van der Waals surface area contributed by atoms with Crippen LogP contribution in [0.5, 0.6) is 0 Å². The van der Waals surface area contributed by atoms with Gasteiger partial charge in [-0.05, 0) is 25.0 Å². The lowest BCUT2D eigenvalue weighted by Gasteiger charge is -2.26. The molecule has 1 aromatic heterocycles. The van der Waals surface area contributed by atoms with Crippen molar-refractivity contribution >= 4 is 38.9 Å². The topological polar surface area (TPSA) is 105 Å². The van der Waals surface area contributed by atoms with Crippen LogP contribution in [-0.4, -0.2) is 26.5 Å². The van der Waals surface area contributed by atoms with Gasteiger partial charge in [-0.1, -0.05) is 12.8 Å². The first-order valence-corrected chi connectivity index (χ1v) is 7.44. The summed E-state index contributed by atoms with van der Waals surface area (Å²) in [6, 6.07) is 3.30. The third-order valence-electron chi connectivity index (χ3n) is 3.90. The number of benzene rings is 1. The Hall–Kier alpha value is -2.22. The molecule has 0 radical (unpaired) electrons. The molecule has 1 aromatic carbocycles. The SMILES string of the molecule is O=C(O)C1(Nc2ccc3scnc3c2[N+](=O)[O-])CCCC1. The van der Waals surface area contributed by atoms with Crippen LogP contribution >= 0.6 is 11.3 Å². The van der Waals surface area contributed by atoms with Gasteiger partial charge >= 0.3 is 11.7 Å². The molecule has 1 fully saturated rings. The largest absolute Gasteiger partial charge is 0.480 e. The summed E-state index contributed by atoms with van der Waals surface area (Å²) < 4.78 is 0.711. The summed E-state index contributed by atoms with van der Waals surface area (Å²) in [4.78, 5) is 26.5. The van der Waals surface area contributed by atoms with Gasteiger partial charge in [-0.3, -0.25) is 10.1 Å². The Balaban J connectivity index is 2.09. The summed E-state index contributed by atoms with van der Waals surface area (Å²) in [5.74, 6) is -0.965. The van der Waals surface area contributed by atoms with E-state index in [2.05, 4.69) is 10.3 Å². The number of thiazole rings is 1. The Morgan fingerprint density at radius 3 is 2.76 bits per heavy atom. The Kier molecular flexibility index (Phi) is 3.25. The molecule has 1 aliphatic rings. The van der Waals surface area contributed by atoms with Gasteiger partial charge in [0.15, 0.2) is 5.52 Å². The summed E-state index contributed by atoms with van der Waals surface area (Å²) in [5, 5.41) is 23.8. The average molecular weight is 307 g/mol. The predicted molar refractivity (Wildman–Crippen MR) is 78.7 cm³/mol. The van der Waals surface area contributed by atoms with Crippen molar-refractivity contribution in [1.82, 2.24) is 4.98 Å². The molecule has 7 nitrogen and oxygen atoms in total. The number of nitrogens with zero attached hydrogens (tertiary/aromatic N) is 2. The third kappa shape index (κ3) is 2.21. The normalized spacial score (nSPS) is 17.0. The first kappa shape index (κ1) is 13.7. The molecule has 2 N–H and O–H groups in total. The molecule has 110 valence electrons. The molecule has 2 aromatic rings. The summed E-state index contributed by atoms with van der Waals surface area (Å²) in [7, 11) is 0. The molecule has 0 atom stereocenters. The number of rotatable bonds is 4. The fourth-order valence-electron chi connectivity index (χ4n) is 2.83. The lowest BCUT2D eigenvalue weighted by Crippen LogP contribution is -2.43. The number of fused-ring (bicyclic) bond motifs is 1. The van der Waals surface area contributed by atoms with E-state index in [0.29, 0.717) is 23.1 Å². The zero-order valence-corrected chi connectivity index (χ0v) is 11.9. The van der Waals surface area contributed by atoms with Crippen LogP contribution in [0.2, 0.25) is 0 Å². The van der Waals surface area contributed by atoms with E-state index >= 15 is 0 Å². The van der Waals surface area contributed by atoms with Gasteiger partial charge in [0.1, 0.15) is 11.2 Å². The van der Waals surface area contributed by atoms with Gasteiger partial charge in [-0.2, -0.15) is 0 Å². The fraction of sp³-hybridized carbons (Fsp3) is 0.385. The van der Waals surface area contributed by atoms with E-state index in [9.17, 15) is 20.0 Å². The Morgan fingerprint density at radius 2 is 2.14 bits per heavy atom. The van der Waals surface area contributed by atoms with Crippen molar-refractivity contribution in [3.63, 3.8) is 0 Å². The van der Waals surface area contributed by atoms with Gasteiger partial charge in [-0.15, -0.1) is 11.3 Å². The van der Waals surface area contributed by atoms with Gasteiger partial charge in [-0.25, -0.2) is 9.78 Å². The summed E-state index contributed by atoms with van der Waals surface area (Å²) in [6.45, 7) is 0. The van der Waals surface area contributed by atoms with Gasteiger partial charge in [0.2, 0.25) is 0 Å². The highest BCUT2D eigenvalue weighted by Gasteiger charge is 2.42. The second-order valence-corrected chi connectivity index (χ2v) is 6.02. The molecule has 0 aliphatic heterocycles. The first-order valence-electron chi connectivity index (χ1n) is 6.56. The number of carboxylic acid groups (broad SMARTS) is 1. The van der Waals surface area contributed by atoms with Crippen molar-refractivity contribution in [1.29, 1.82) is 0 Å². The number of nitro groups is 1. The molecule has 21 heavy (non-hydrogen) atoms. The van der Waals surface area contributed by atoms with E-state index in [1.165, 1.54) is 11.3 Å². The third-order valence-corrected chi connectivity index (χ3v) is 4.69. The molecule has 0 amide bonds. The zero-order chi connectivity index (χ0) is 15.0. The Bertz CT molecular complexity index is 721. The standard InChI is InChI=1S/C13H13N3O4S/c17-12(18)13(5-1-2-6-13)15-8-3-4-9-10(14-7-21-9)11(8)16(19)20/h3-4,7,15H,1-2,5-6H2,(H,17,18). The second-order valence-electron chi connectivity index (χ2n) is 5.14. The number of hydrogen-bond donors (Lipinski definition) is 2. The number of carboxylic acids is 1. The fourth-order valence-corrected chi connectivity index (χ4v) is 3.51. The van der Waals surface area contributed by atoms with Crippen molar-refractivity contribution in [3.8, 4) is 0 Å². The Morgan fingerprint density at radius 1 is 1.43 bits per heavy atom. The van der Waals surface area contributed by atoms with E-state index < -0.39 is 16.4 Å². The van der Waals surface area contributed by atoms with Crippen LogP contribution < -0.4 is 5.32 Å². The van der Waals surface area contributed by atoms with Crippen LogP contribution in [0, 0.1) is 10.1 Å². The van der Waals surface area contributed by atoms with Crippen molar-refractivity contribution in [3.05, 3.63) is 27.8 Å². The predicted octanol–water partition coefficient (Wildman–Crippen LogP) is 3.01. The van der Waals surface area contributed by atoms with E-state index in [4.69, 9.17) is 0 Å². The first-order chi connectivity index (χ1) is 10.0. The molecule has 1 aliphatic carbocycles. The van der Waals surface area contributed by atoms with Crippen LogP contribution in [0.25, 0.3) is 10.2 Å². The molecule has 8 heteroatoms. The average Bonchev–Trinajstić information content (AvgIpc) is 3.07. The number of aliphatic carboxylic acids is 1. The minimum atomic E-state index is -1.12. The molecule has 0 saturated heterocycles. The summed E-state index contributed by atoms with van der Waals surface area (Å²) in [5.41, 5.74) is 0.802. The molecule has 0 spiro atoms. The van der Waals surface area contributed by atoms with Crippen molar-refractivity contribution in [2.24, 2.45) is 0 Å². The maximum atomic E-state index is 11.6. The molecule has 0 unspecified atom stereocenters. The minimum Gasteiger partial charge on any atom is -0.480 e. The van der Waals surface area contributed by atoms with Crippen molar-refractivity contribution in [2.75, 3.05) is 5.32 Å². The van der Waals surface area contributed by atoms with E-state index in [-0.39, 0.29) is 11.4 Å². The maximum Gasteiger partial charge on any atom is 0.329 e. The zero-order valence-electron chi connectivity index (χ0n) is 11.0. The summed E-state index contributed by atoms with van der Waals surface area (Å²) >= 11 is 1.32. The van der Waals surface area contributed by atoms with Crippen LogP contribution in [-0.2, 0) is 4.79 Å². The quantitative estimate of drug-likeness (QED) is 0.664. The number of carbonyl (C=O) groups is 1. The van der Waals surface area contributed by atoms with E-state index in [1.807, 2.05) is 0 Å². The van der Waals surface area contributed by atoms with E-state index in [0.717, 1.165) is 12.8 Å². The Labute approximate surface area is 123 Å². The number of nitro benzene ring substituents is 1. The highest BCUT2D eigenvalue weighted by Crippen LogP contribution is 2.39. The smallest absolute Gasteiger partial charge is 0.329 e. The van der Waals surface area contributed by atoms with Gasteiger partial charge in [0, 0.05) is 0 Å². The van der Waals surface area contributed by atoms with Gasteiger partial charge in [0.05, 0.1) is 15.1 Å².